The van der Waals surface area contributed by atoms with Gasteiger partial charge in [-0.25, -0.2) is 13.7 Å². The Morgan fingerprint density at radius 1 is 0.349 bits per heavy atom. The molecule has 0 aliphatic carbocycles. The Balaban J connectivity index is -0.0000000760. The standard InChI is InChI=1S/3C9H14N.6CN.Fe/c3*1-2-3-7-10-8-5-4-6-9-10;6*1-2;/h3*4-6,8-9H,2-3,7H2,1H3;;;;;;;/q3*+1;6*-1;+3. The maximum atomic E-state index is 6.25. The number of nitrogens with zero attached hydrogens (tertiary/aromatic N) is 9. The summed E-state index contributed by atoms with van der Waals surface area (Å²) in [5, 5.41) is 37.5. The van der Waals surface area contributed by atoms with E-state index in [0.717, 1.165) is 19.6 Å². The summed E-state index contributed by atoms with van der Waals surface area (Å²) < 4.78 is 6.64. The van der Waals surface area contributed by atoms with Gasteiger partial charge in [-0.15, -0.1) is 0 Å². The van der Waals surface area contributed by atoms with Crippen molar-refractivity contribution in [2.45, 2.75) is 78.9 Å². The molecule has 3 heterocycles. The molecule has 0 N–H and O–H groups in total. The zero-order valence-corrected chi connectivity index (χ0v) is 26.5. The number of rotatable bonds is 9. The second-order valence-corrected chi connectivity index (χ2v) is 7.40. The first-order valence-corrected chi connectivity index (χ1v) is 13.0. The van der Waals surface area contributed by atoms with Gasteiger partial charge in [-0.05, 0) is 0 Å². The van der Waals surface area contributed by atoms with Crippen molar-refractivity contribution in [1.82, 2.24) is 0 Å². The largest absolute Gasteiger partial charge is 3.00 e. The molecule has 3 aromatic rings. The van der Waals surface area contributed by atoms with E-state index in [4.69, 9.17) is 71.0 Å². The van der Waals surface area contributed by atoms with Gasteiger partial charge in [0.15, 0.2) is 37.2 Å². The molecule has 43 heavy (non-hydrogen) atoms. The fourth-order valence-corrected chi connectivity index (χ4v) is 2.77. The predicted molar refractivity (Wildman–Crippen MR) is 154 cm³/mol. The summed E-state index contributed by atoms with van der Waals surface area (Å²) in [5.74, 6) is 0. The van der Waals surface area contributed by atoms with Crippen molar-refractivity contribution in [3.05, 3.63) is 131 Å². The Labute approximate surface area is 271 Å². The molecule has 0 amide bonds. The van der Waals surface area contributed by atoms with Crippen molar-refractivity contribution in [3.63, 3.8) is 0 Å². The molecule has 0 saturated heterocycles. The van der Waals surface area contributed by atoms with Crippen LogP contribution in [0.3, 0.4) is 0 Å². The monoisotopic (exact) mass is 620 g/mol. The molecule has 3 aromatic heterocycles. The average Bonchev–Trinajstić information content (AvgIpc) is 3.12. The maximum Gasteiger partial charge on any atom is 3.00 e. The normalized spacial score (nSPS) is 7.05. The van der Waals surface area contributed by atoms with Gasteiger partial charge in [0.1, 0.15) is 19.6 Å². The van der Waals surface area contributed by atoms with Crippen LogP contribution in [0.4, 0.5) is 0 Å². The SMILES string of the molecule is CCCC[n+]1ccccc1.CCCC[n+]1ccccc1.CCCC[n+]1ccccc1.[C-]#N.[C-]#N.[C-]#N.[C-]#N.[C-]#N.[C-]#N.[Fe+3]. The minimum absolute atomic E-state index is 0. The van der Waals surface area contributed by atoms with Crippen LogP contribution in [0.2, 0.25) is 0 Å². The van der Waals surface area contributed by atoms with Gasteiger partial charge in [0, 0.05) is 55.7 Å². The number of aryl methyl sites for hydroxylation is 3. The van der Waals surface area contributed by atoms with E-state index in [0.29, 0.717) is 0 Å². The summed E-state index contributed by atoms with van der Waals surface area (Å²) in [6.07, 6.45) is 20.3. The Morgan fingerprint density at radius 3 is 0.651 bits per heavy atom. The van der Waals surface area contributed by atoms with Crippen LogP contribution in [0.25, 0.3) is 0 Å². The minimum atomic E-state index is 0. The fourth-order valence-electron chi connectivity index (χ4n) is 2.77. The average molecular weight is 621 g/mol. The van der Waals surface area contributed by atoms with Crippen LogP contribution in [0.5, 0.6) is 0 Å². The zero-order chi connectivity index (χ0) is 33.7. The summed E-state index contributed by atoms with van der Waals surface area (Å²) in [6.45, 7) is 38.6. The van der Waals surface area contributed by atoms with E-state index in [1.165, 1.54) is 38.5 Å². The Morgan fingerprint density at radius 2 is 0.512 bits per heavy atom. The molecule has 0 fully saturated rings. The maximum absolute atomic E-state index is 6.25. The van der Waals surface area contributed by atoms with Crippen molar-refractivity contribution in [3.8, 4) is 0 Å². The van der Waals surface area contributed by atoms with E-state index in [2.05, 4.69) is 108 Å². The van der Waals surface area contributed by atoms with Crippen LogP contribution in [0, 0.1) is 71.0 Å². The molecule has 1 radical (unpaired) electrons. The molecule has 3 rings (SSSR count). The molecular formula is C33H42FeN9. The predicted octanol–water partition coefficient (Wildman–Crippen LogP) is 5.90. The van der Waals surface area contributed by atoms with E-state index in [-0.39, 0.29) is 17.1 Å². The van der Waals surface area contributed by atoms with Crippen molar-refractivity contribution in [2.75, 3.05) is 0 Å². The van der Waals surface area contributed by atoms with E-state index in [9.17, 15) is 0 Å². The molecule has 10 heteroatoms. The number of hydrogen-bond donors (Lipinski definition) is 0. The van der Waals surface area contributed by atoms with Gasteiger partial charge in [-0.3, -0.25) is 0 Å². The quantitative estimate of drug-likeness (QED) is 0.165. The molecule has 9 nitrogen and oxygen atoms in total. The smallest absolute Gasteiger partial charge is 0.512 e. The first kappa shape index (κ1) is 54.1. The zero-order valence-electron chi connectivity index (χ0n) is 25.4. The van der Waals surface area contributed by atoms with Gasteiger partial charge in [-0.2, -0.15) is 0 Å². The van der Waals surface area contributed by atoms with Crippen molar-refractivity contribution in [2.24, 2.45) is 0 Å². The van der Waals surface area contributed by atoms with Crippen molar-refractivity contribution >= 4 is 0 Å². The van der Waals surface area contributed by atoms with E-state index >= 15 is 0 Å². The molecule has 0 aliphatic rings. The second kappa shape index (κ2) is 61.1. The number of hydrogen-bond acceptors (Lipinski definition) is 6. The van der Waals surface area contributed by atoms with Crippen LogP contribution < -0.4 is 13.7 Å². The van der Waals surface area contributed by atoms with Crippen LogP contribution in [0.15, 0.2) is 91.8 Å². The first-order chi connectivity index (χ1) is 20.8. The Kier molecular flexibility index (Phi) is 76.8. The van der Waals surface area contributed by atoms with E-state index < -0.39 is 0 Å². The number of unbranched alkanes of at least 4 members (excludes halogenated alkanes) is 3. The third-order valence-corrected chi connectivity index (χ3v) is 4.64. The van der Waals surface area contributed by atoms with E-state index in [1.807, 2.05) is 18.2 Å². The second-order valence-electron chi connectivity index (χ2n) is 7.40. The van der Waals surface area contributed by atoms with E-state index in [1.54, 1.807) is 0 Å². The third-order valence-electron chi connectivity index (χ3n) is 4.64. The Bertz CT molecular complexity index is 836. The van der Waals surface area contributed by atoms with Crippen LogP contribution in [0.1, 0.15) is 59.3 Å². The molecule has 0 spiro atoms. The van der Waals surface area contributed by atoms with Gasteiger partial charge in [-0.1, -0.05) is 58.2 Å². The summed E-state index contributed by atoms with van der Waals surface area (Å²) in [4.78, 5) is 0. The van der Waals surface area contributed by atoms with Crippen LogP contribution in [-0.2, 0) is 36.7 Å². The summed E-state index contributed by atoms with van der Waals surface area (Å²) in [5.41, 5.74) is 0. The minimum Gasteiger partial charge on any atom is -0.512 e. The molecule has 0 saturated carbocycles. The molecule has 0 aromatic carbocycles. The van der Waals surface area contributed by atoms with Gasteiger partial charge in [0.25, 0.3) is 0 Å². The van der Waals surface area contributed by atoms with Gasteiger partial charge in [0.2, 0.25) is 0 Å². The molecule has 0 atom stereocenters. The van der Waals surface area contributed by atoms with Gasteiger partial charge >= 0.3 is 17.1 Å². The number of pyridine rings is 3. The van der Waals surface area contributed by atoms with Gasteiger partial charge < -0.3 is 71.0 Å². The summed E-state index contributed by atoms with van der Waals surface area (Å²) in [6, 6.07) is 18.5. The van der Waals surface area contributed by atoms with Gasteiger partial charge in [0.05, 0.1) is 0 Å². The first-order valence-electron chi connectivity index (χ1n) is 13.0. The van der Waals surface area contributed by atoms with Crippen LogP contribution >= 0.6 is 0 Å². The third kappa shape index (κ3) is 47.1. The van der Waals surface area contributed by atoms with Crippen molar-refractivity contribution < 1.29 is 30.8 Å². The molecule has 227 valence electrons. The molecule has 0 unspecified atom stereocenters. The topological polar surface area (TPSA) is 154 Å². The number of aromatic nitrogens is 3. The molecule has 0 bridgehead atoms. The summed E-state index contributed by atoms with van der Waals surface area (Å²) >= 11 is 0. The van der Waals surface area contributed by atoms with Crippen LogP contribution in [-0.4, -0.2) is 0 Å². The Hall–Kier alpha value is -5.09. The van der Waals surface area contributed by atoms with Crippen molar-refractivity contribution in [1.29, 1.82) is 31.6 Å². The molecule has 0 aliphatic heterocycles. The summed E-state index contributed by atoms with van der Waals surface area (Å²) in [7, 11) is 0. The fraction of sp³-hybridized carbons (Fsp3) is 0.364. The molecular weight excluding hydrogens is 578 g/mol.